The molecule has 4 nitrogen and oxygen atoms in total. The SMILES string of the molecule is CN(Cc1ccoc1)C(=O)c1ccc(N)c(Br)c1. The smallest absolute Gasteiger partial charge is 0.253 e. The molecule has 2 N–H and O–H groups in total. The van der Waals surface area contributed by atoms with Crippen molar-refractivity contribution in [3.8, 4) is 0 Å². The summed E-state index contributed by atoms with van der Waals surface area (Å²) in [6.07, 6.45) is 3.22. The minimum atomic E-state index is -0.0584. The van der Waals surface area contributed by atoms with Gasteiger partial charge in [-0.2, -0.15) is 0 Å². The van der Waals surface area contributed by atoms with Crippen LogP contribution in [0.3, 0.4) is 0 Å². The molecule has 1 aromatic carbocycles. The van der Waals surface area contributed by atoms with Crippen molar-refractivity contribution in [1.29, 1.82) is 0 Å². The number of benzene rings is 1. The first-order chi connectivity index (χ1) is 8.58. The third-order valence-corrected chi connectivity index (χ3v) is 3.28. The average Bonchev–Trinajstić information content (AvgIpc) is 2.84. The zero-order valence-electron chi connectivity index (χ0n) is 9.89. The molecule has 0 bridgehead atoms. The Morgan fingerprint density at radius 2 is 2.22 bits per heavy atom. The second-order valence-electron chi connectivity index (χ2n) is 4.03. The molecule has 94 valence electrons. The quantitative estimate of drug-likeness (QED) is 0.887. The van der Waals surface area contributed by atoms with Crippen LogP contribution in [0.15, 0.2) is 45.7 Å². The van der Waals surface area contributed by atoms with Crippen LogP contribution in [0.5, 0.6) is 0 Å². The van der Waals surface area contributed by atoms with Gasteiger partial charge in [0.05, 0.1) is 12.5 Å². The Balaban J connectivity index is 2.12. The first-order valence-corrected chi connectivity index (χ1v) is 6.19. The van der Waals surface area contributed by atoms with E-state index in [9.17, 15) is 4.79 Å². The minimum absolute atomic E-state index is 0.0584. The lowest BCUT2D eigenvalue weighted by Crippen LogP contribution is -2.26. The number of anilines is 1. The number of nitrogen functional groups attached to an aromatic ring is 1. The predicted molar refractivity (Wildman–Crippen MR) is 73.1 cm³/mol. The molecule has 0 atom stereocenters. The number of carbonyl (C=O) groups is 1. The summed E-state index contributed by atoms with van der Waals surface area (Å²) < 4.78 is 5.70. The molecule has 1 heterocycles. The Hall–Kier alpha value is -1.75. The number of nitrogens with zero attached hydrogens (tertiary/aromatic N) is 1. The van der Waals surface area contributed by atoms with Crippen molar-refractivity contribution in [3.63, 3.8) is 0 Å². The number of furan rings is 1. The second kappa shape index (κ2) is 5.27. The van der Waals surface area contributed by atoms with E-state index in [4.69, 9.17) is 10.2 Å². The largest absolute Gasteiger partial charge is 0.472 e. The topological polar surface area (TPSA) is 59.5 Å². The minimum Gasteiger partial charge on any atom is -0.472 e. The second-order valence-corrected chi connectivity index (χ2v) is 4.88. The molecule has 2 rings (SSSR count). The van der Waals surface area contributed by atoms with Gasteiger partial charge in [-0.05, 0) is 40.2 Å². The van der Waals surface area contributed by atoms with Gasteiger partial charge in [0, 0.05) is 34.9 Å². The van der Waals surface area contributed by atoms with Crippen molar-refractivity contribution in [2.24, 2.45) is 0 Å². The highest BCUT2D eigenvalue weighted by Gasteiger charge is 2.13. The standard InChI is InChI=1S/C13H13BrN2O2/c1-16(7-9-4-5-18-8-9)13(17)10-2-3-12(15)11(14)6-10/h2-6,8H,7,15H2,1H3. The van der Waals surface area contributed by atoms with E-state index in [1.807, 2.05) is 6.07 Å². The molecule has 0 aliphatic rings. The maximum atomic E-state index is 12.2. The lowest BCUT2D eigenvalue weighted by atomic mass is 10.2. The van der Waals surface area contributed by atoms with Gasteiger partial charge in [0.15, 0.2) is 0 Å². The third-order valence-electron chi connectivity index (χ3n) is 2.59. The van der Waals surface area contributed by atoms with Crippen molar-refractivity contribution in [2.75, 3.05) is 12.8 Å². The summed E-state index contributed by atoms with van der Waals surface area (Å²) in [6.45, 7) is 0.511. The fourth-order valence-electron chi connectivity index (χ4n) is 1.61. The number of halogens is 1. The van der Waals surface area contributed by atoms with Crippen LogP contribution in [0, 0.1) is 0 Å². The number of nitrogens with two attached hydrogens (primary N) is 1. The van der Waals surface area contributed by atoms with Gasteiger partial charge in [-0.1, -0.05) is 0 Å². The fraction of sp³-hybridized carbons (Fsp3) is 0.154. The summed E-state index contributed by atoms with van der Waals surface area (Å²) in [5, 5.41) is 0. The van der Waals surface area contributed by atoms with E-state index < -0.39 is 0 Å². The molecule has 0 spiro atoms. The first-order valence-electron chi connectivity index (χ1n) is 5.39. The molecule has 1 aromatic heterocycles. The van der Waals surface area contributed by atoms with Crippen LogP contribution in [0.1, 0.15) is 15.9 Å². The highest BCUT2D eigenvalue weighted by atomic mass is 79.9. The van der Waals surface area contributed by atoms with E-state index in [-0.39, 0.29) is 5.91 Å². The Morgan fingerprint density at radius 1 is 1.44 bits per heavy atom. The van der Waals surface area contributed by atoms with Crippen LogP contribution < -0.4 is 5.73 Å². The molecule has 0 radical (unpaired) electrons. The van der Waals surface area contributed by atoms with Crippen LogP contribution in [-0.2, 0) is 6.54 Å². The molecule has 0 saturated carbocycles. The first kappa shape index (κ1) is 12.7. The number of rotatable bonds is 3. The molecule has 5 heteroatoms. The maximum Gasteiger partial charge on any atom is 0.253 e. The van der Waals surface area contributed by atoms with Crippen LogP contribution in [0.4, 0.5) is 5.69 Å². The average molecular weight is 309 g/mol. The van der Waals surface area contributed by atoms with Gasteiger partial charge in [0.1, 0.15) is 0 Å². The van der Waals surface area contributed by atoms with Gasteiger partial charge in [0.2, 0.25) is 0 Å². The van der Waals surface area contributed by atoms with Gasteiger partial charge in [-0.25, -0.2) is 0 Å². The molecule has 0 aliphatic heterocycles. The Morgan fingerprint density at radius 3 is 2.83 bits per heavy atom. The lowest BCUT2D eigenvalue weighted by Gasteiger charge is -2.16. The summed E-state index contributed by atoms with van der Waals surface area (Å²) in [6, 6.07) is 6.99. The van der Waals surface area contributed by atoms with Gasteiger partial charge in [-0.3, -0.25) is 4.79 Å². The van der Waals surface area contributed by atoms with Crippen molar-refractivity contribution in [1.82, 2.24) is 4.90 Å². The zero-order chi connectivity index (χ0) is 13.1. The Bertz CT molecular complexity index is 552. The van der Waals surface area contributed by atoms with E-state index in [2.05, 4.69) is 15.9 Å². The van der Waals surface area contributed by atoms with Crippen molar-refractivity contribution in [2.45, 2.75) is 6.54 Å². The number of carbonyl (C=O) groups excluding carboxylic acids is 1. The van der Waals surface area contributed by atoms with Crippen LogP contribution in [0.2, 0.25) is 0 Å². The maximum absolute atomic E-state index is 12.2. The fourth-order valence-corrected chi connectivity index (χ4v) is 1.99. The molecule has 2 aromatic rings. The normalized spacial score (nSPS) is 10.3. The van der Waals surface area contributed by atoms with Gasteiger partial charge in [-0.15, -0.1) is 0 Å². The number of hydrogen-bond acceptors (Lipinski definition) is 3. The monoisotopic (exact) mass is 308 g/mol. The molecule has 0 saturated heterocycles. The van der Waals surface area contributed by atoms with Crippen LogP contribution in [-0.4, -0.2) is 17.9 Å². The molecule has 0 fully saturated rings. The molecular weight excluding hydrogens is 296 g/mol. The summed E-state index contributed by atoms with van der Waals surface area (Å²) >= 11 is 3.31. The highest BCUT2D eigenvalue weighted by Crippen LogP contribution is 2.21. The van der Waals surface area contributed by atoms with Gasteiger partial charge >= 0.3 is 0 Å². The summed E-state index contributed by atoms with van der Waals surface area (Å²) in [7, 11) is 1.75. The van der Waals surface area contributed by atoms with E-state index in [0.29, 0.717) is 17.8 Å². The lowest BCUT2D eigenvalue weighted by molar-refractivity contribution is 0.0785. The Kier molecular flexibility index (Phi) is 3.72. The van der Waals surface area contributed by atoms with Crippen molar-refractivity contribution >= 4 is 27.5 Å². The van der Waals surface area contributed by atoms with E-state index in [1.54, 1.807) is 42.7 Å². The molecule has 1 amide bonds. The van der Waals surface area contributed by atoms with Crippen LogP contribution >= 0.6 is 15.9 Å². The van der Waals surface area contributed by atoms with Crippen molar-refractivity contribution in [3.05, 3.63) is 52.4 Å². The molecule has 0 unspecified atom stereocenters. The summed E-state index contributed by atoms with van der Waals surface area (Å²) in [5.74, 6) is -0.0584. The van der Waals surface area contributed by atoms with Gasteiger partial charge in [0.25, 0.3) is 5.91 Å². The Labute approximate surface area is 114 Å². The summed E-state index contributed by atoms with van der Waals surface area (Å²) in [4.78, 5) is 13.8. The number of amides is 1. The van der Waals surface area contributed by atoms with Gasteiger partial charge < -0.3 is 15.1 Å². The summed E-state index contributed by atoms with van der Waals surface area (Å²) in [5.41, 5.74) is 7.86. The molecule has 18 heavy (non-hydrogen) atoms. The van der Waals surface area contributed by atoms with E-state index in [0.717, 1.165) is 10.0 Å². The highest BCUT2D eigenvalue weighted by molar-refractivity contribution is 9.10. The zero-order valence-corrected chi connectivity index (χ0v) is 11.5. The number of hydrogen-bond donors (Lipinski definition) is 1. The van der Waals surface area contributed by atoms with E-state index >= 15 is 0 Å². The van der Waals surface area contributed by atoms with E-state index in [1.165, 1.54) is 0 Å². The van der Waals surface area contributed by atoms with Crippen molar-refractivity contribution < 1.29 is 9.21 Å². The third kappa shape index (κ3) is 2.73. The molecule has 0 aliphatic carbocycles. The predicted octanol–water partition coefficient (Wildman–Crippen LogP) is 2.90. The van der Waals surface area contributed by atoms with Crippen LogP contribution in [0.25, 0.3) is 0 Å². The molecular formula is C13H13BrN2O2.